The first-order chi connectivity index (χ1) is 13.1. The van der Waals surface area contributed by atoms with Gasteiger partial charge in [0, 0.05) is 37.3 Å². The molecule has 0 aliphatic carbocycles. The summed E-state index contributed by atoms with van der Waals surface area (Å²) in [5.74, 6) is -0.170. The van der Waals surface area contributed by atoms with Gasteiger partial charge < -0.3 is 14.9 Å². The number of carbonyl (C=O) groups is 2. The van der Waals surface area contributed by atoms with Crippen molar-refractivity contribution in [1.82, 2.24) is 14.4 Å². The van der Waals surface area contributed by atoms with Crippen LogP contribution in [-0.4, -0.2) is 57.7 Å². The van der Waals surface area contributed by atoms with E-state index in [0.29, 0.717) is 36.9 Å². The number of halogens is 1. The predicted molar refractivity (Wildman–Crippen MR) is 104 cm³/mol. The summed E-state index contributed by atoms with van der Waals surface area (Å²) < 4.78 is 1.87. The van der Waals surface area contributed by atoms with Crippen molar-refractivity contribution < 1.29 is 14.7 Å². The first-order valence-electron chi connectivity index (χ1n) is 8.69. The van der Waals surface area contributed by atoms with Gasteiger partial charge in [-0.25, -0.2) is 4.79 Å². The lowest BCUT2D eigenvalue weighted by molar-refractivity contribution is 0.0626. The van der Waals surface area contributed by atoms with Crippen LogP contribution in [0.3, 0.4) is 0 Å². The van der Waals surface area contributed by atoms with Crippen LogP contribution in [-0.2, 0) is 0 Å². The van der Waals surface area contributed by atoms with E-state index in [1.807, 2.05) is 59.2 Å². The van der Waals surface area contributed by atoms with Crippen LogP contribution in [0.1, 0.15) is 10.4 Å². The molecule has 0 radical (unpaired) electrons. The molecule has 0 bridgehead atoms. The Balaban J connectivity index is 1.76. The van der Waals surface area contributed by atoms with Crippen molar-refractivity contribution in [2.75, 3.05) is 26.2 Å². The first kappa shape index (κ1) is 17.4. The van der Waals surface area contributed by atoms with Crippen molar-refractivity contribution in [2.24, 2.45) is 0 Å². The molecule has 1 saturated heterocycles. The summed E-state index contributed by atoms with van der Waals surface area (Å²) in [4.78, 5) is 27.3. The fourth-order valence-electron chi connectivity index (χ4n) is 3.50. The SMILES string of the molecule is O=C(O)N1CCN(C(=O)c2c(Cl)n(-c3ccccc3)c3ccccc23)CC1. The molecule has 3 aromatic rings. The number of aromatic nitrogens is 1. The number of hydrogen-bond acceptors (Lipinski definition) is 2. The zero-order chi connectivity index (χ0) is 19.0. The first-order valence-corrected chi connectivity index (χ1v) is 9.07. The summed E-state index contributed by atoms with van der Waals surface area (Å²) in [5.41, 5.74) is 2.20. The Hall–Kier alpha value is -2.99. The number of rotatable bonds is 2. The second-order valence-corrected chi connectivity index (χ2v) is 6.77. The number of amides is 2. The van der Waals surface area contributed by atoms with Gasteiger partial charge in [-0.2, -0.15) is 0 Å². The van der Waals surface area contributed by atoms with E-state index in [1.54, 1.807) is 4.90 Å². The predicted octanol–water partition coefficient (Wildman–Crippen LogP) is 3.72. The number of hydrogen-bond donors (Lipinski definition) is 1. The largest absolute Gasteiger partial charge is 0.465 e. The van der Waals surface area contributed by atoms with Gasteiger partial charge in [0.1, 0.15) is 5.15 Å². The number of carboxylic acid groups (broad SMARTS) is 1. The van der Waals surface area contributed by atoms with Crippen LogP contribution < -0.4 is 0 Å². The Morgan fingerprint density at radius 3 is 2.11 bits per heavy atom. The standard InChI is InChI=1S/C20H18ClN3O3/c21-18-17(19(25)22-10-12-23(13-11-22)20(26)27)15-8-4-5-9-16(15)24(18)14-6-2-1-3-7-14/h1-9H,10-13H2,(H,26,27). The van der Waals surface area contributed by atoms with Gasteiger partial charge in [-0.3, -0.25) is 9.36 Å². The molecule has 1 aliphatic heterocycles. The molecular formula is C20H18ClN3O3. The molecule has 1 N–H and O–H groups in total. The average Bonchev–Trinajstić information content (AvgIpc) is 3.00. The third kappa shape index (κ3) is 3.02. The minimum Gasteiger partial charge on any atom is -0.465 e. The van der Waals surface area contributed by atoms with E-state index in [1.165, 1.54) is 4.90 Å². The molecule has 2 amide bonds. The van der Waals surface area contributed by atoms with Crippen LogP contribution in [0.4, 0.5) is 4.79 Å². The van der Waals surface area contributed by atoms with Crippen LogP contribution in [0.2, 0.25) is 5.15 Å². The van der Waals surface area contributed by atoms with Gasteiger partial charge in [0.25, 0.3) is 5.91 Å². The van der Waals surface area contributed by atoms with Gasteiger partial charge in [-0.1, -0.05) is 48.0 Å². The van der Waals surface area contributed by atoms with E-state index in [0.717, 1.165) is 16.6 Å². The number of fused-ring (bicyclic) bond motifs is 1. The summed E-state index contributed by atoms with van der Waals surface area (Å²) in [5, 5.41) is 10.3. The molecule has 6 nitrogen and oxygen atoms in total. The van der Waals surface area contributed by atoms with Crippen LogP contribution in [0.25, 0.3) is 16.6 Å². The Morgan fingerprint density at radius 2 is 1.44 bits per heavy atom. The van der Waals surface area contributed by atoms with Crippen molar-refractivity contribution in [3.05, 3.63) is 65.3 Å². The van der Waals surface area contributed by atoms with Gasteiger partial charge >= 0.3 is 6.09 Å². The molecule has 7 heteroatoms. The van der Waals surface area contributed by atoms with Gasteiger partial charge in [0.15, 0.2) is 0 Å². The minimum atomic E-state index is -0.958. The lowest BCUT2D eigenvalue weighted by Crippen LogP contribution is -2.50. The Labute approximate surface area is 161 Å². The third-order valence-corrected chi connectivity index (χ3v) is 5.24. The fraction of sp³-hybridized carbons (Fsp3) is 0.200. The summed E-state index contributed by atoms with van der Waals surface area (Å²) in [6.45, 7) is 1.31. The van der Waals surface area contributed by atoms with Crippen LogP contribution in [0.15, 0.2) is 54.6 Å². The van der Waals surface area contributed by atoms with E-state index >= 15 is 0 Å². The second-order valence-electron chi connectivity index (χ2n) is 6.42. The van der Waals surface area contributed by atoms with E-state index in [9.17, 15) is 9.59 Å². The molecule has 1 aromatic heterocycles. The molecule has 0 saturated carbocycles. The molecule has 2 aromatic carbocycles. The molecular weight excluding hydrogens is 366 g/mol. The van der Waals surface area contributed by atoms with Crippen molar-refractivity contribution >= 4 is 34.5 Å². The molecule has 0 atom stereocenters. The molecule has 138 valence electrons. The smallest absolute Gasteiger partial charge is 0.407 e. The molecule has 0 unspecified atom stereocenters. The van der Waals surface area contributed by atoms with Crippen molar-refractivity contribution in [1.29, 1.82) is 0 Å². The van der Waals surface area contributed by atoms with Crippen molar-refractivity contribution in [3.8, 4) is 5.69 Å². The zero-order valence-corrected chi connectivity index (χ0v) is 15.3. The number of carbonyl (C=O) groups excluding carboxylic acids is 1. The van der Waals surface area contributed by atoms with Gasteiger partial charge in [0.2, 0.25) is 0 Å². The summed E-state index contributed by atoms with van der Waals surface area (Å²) >= 11 is 6.69. The molecule has 27 heavy (non-hydrogen) atoms. The lowest BCUT2D eigenvalue weighted by Gasteiger charge is -2.33. The quantitative estimate of drug-likeness (QED) is 0.733. The molecule has 0 spiro atoms. The maximum Gasteiger partial charge on any atom is 0.407 e. The topological polar surface area (TPSA) is 65.8 Å². The summed E-state index contributed by atoms with van der Waals surface area (Å²) in [6.07, 6.45) is -0.958. The number of nitrogens with zero attached hydrogens (tertiary/aromatic N) is 3. The highest BCUT2D eigenvalue weighted by Crippen LogP contribution is 2.34. The second kappa shape index (κ2) is 6.96. The van der Waals surface area contributed by atoms with Crippen LogP contribution >= 0.6 is 11.6 Å². The molecule has 1 fully saturated rings. The lowest BCUT2D eigenvalue weighted by atomic mass is 10.1. The van der Waals surface area contributed by atoms with Gasteiger partial charge in [-0.15, -0.1) is 0 Å². The summed E-state index contributed by atoms with van der Waals surface area (Å²) in [6, 6.07) is 17.3. The van der Waals surface area contributed by atoms with Gasteiger partial charge in [0.05, 0.1) is 11.1 Å². The van der Waals surface area contributed by atoms with Crippen LogP contribution in [0.5, 0.6) is 0 Å². The highest BCUT2D eigenvalue weighted by atomic mass is 35.5. The molecule has 4 rings (SSSR count). The van der Waals surface area contributed by atoms with E-state index in [4.69, 9.17) is 16.7 Å². The average molecular weight is 384 g/mol. The van der Waals surface area contributed by atoms with E-state index in [2.05, 4.69) is 0 Å². The third-order valence-electron chi connectivity index (χ3n) is 4.88. The normalized spacial score (nSPS) is 14.6. The highest BCUT2D eigenvalue weighted by molar-refractivity contribution is 6.36. The van der Waals surface area contributed by atoms with E-state index in [-0.39, 0.29) is 5.91 Å². The maximum absolute atomic E-state index is 13.2. The minimum absolute atomic E-state index is 0.170. The Kier molecular flexibility index (Phi) is 4.49. The zero-order valence-electron chi connectivity index (χ0n) is 14.5. The van der Waals surface area contributed by atoms with E-state index < -0.39 is 6.09 Å². The Bertz CT molecular complexity index is 1010. The van der Waals surface area contributed by atoms with Crippen molar-refractivity contribution in [3.63, 3.8) is 0 Å². The fourth-order valence-corrected chi connectivity index (χ4v) is 3.87. The Morgan fingerprint density at radius 1 is 0.852 bits per heavy atom. The molecule has 2 heterocycles. The van der Waals surface area contributed by atoms with Gasteiger partial charge in [-0.05, 0) is 18.2 Å². The monoisotopic (exact) mass is 383 g/mol. The number of benzene rings is 2. The number of para-hydroxylation sites is 2. The number of piperazine rings is 1. The summed E-state index contributed by atoms with van der Waals surface area (Å²) in [7, 11) is 0. The molecule has 1 aliphatic rings. The van der Waals surface area contributed by atoms with Crippen LogP contribution in [0, 0.1) is 0 Å². The maximum atomic E-state index is 13.2. The highest BCUT2D eigenvalue weighted by Gasteiger charge is 2.29. The van der Waals surface area contributed by atoms with Crippen molar-refractivity contribution in [2.45, 2.75) is 0 Å².